The molecule has 0 radical (unpaired) electrons. The van der Waals surface area contributed by atoms with Crippen LogP contribution in [0.1, 0.15) is 61.9 Å². The Kier molecular flexibility index (Phi) is 7.89. The number of carbonyl (C=O) groups is 2. The van der Waals surface area contributed by atoms with E-state index in [1.54, 1.807) is 23.1 Å². The molecule has 0 atom stereocenters. The number of ether oxygens (including phenoxy) is 1. The molecule has 0 aromatic heterocycles. The van der Waals surface area contributed by atoms with Gasteiger partial charge in [0.15, 0.2) is 0 Å². The topological polar surface area (TPSA) is 58.6 Å². The van der Waals surface area contributed by atoms with E-state index in [4.69, 9.17) is 4.74 Å². The number of nitrogens with zero attached hydrogens (tertiary/aromatic N) is 1. The lowest BCUT2D eigenvalue weighted by molar-refractivity contribution is -0.116. The lowest BCUT2D eigenvalue weighted by atomic mass is 10.1. The van der Waals surface area contributed by atoms with Crippen LogP contribution in [0.15, 0.2) is 48.5 Å². The number of hydrogen-bond donors (Lipinski definition) is 1. The van der Waals surface area contributed by atoms with E-state index >= 15 is 0 Å². The van der Waals surface area contributed by atoms with E-state index < -0.39 is 0 Å². The van der Waals surface area contributed by atoms with E-state index in [1.165, 1.54) is 12.8 Å². The van der Waals surface area contributed by atoms with Crippen molar-refractivity contribution in [2.75, 3.05) is 18.4 Å². The Morgan fingerprint density at radius 1 is 1.03 bits per heavy atom. The number of rotatable bonds is 9. The van der Waals surface area contributed by atoms with Gasteiger partial charge in [0.2, 0.25) is 5.91 Å². The number of benzene rings is 2. The van der Waals surface area contributed by atoms with E-state index in [1.807, 2.05) is 44.2 Å². The summed E-state index contributed by atoms with van der Waals surface area (Å²) in [7, 11) is 0. The third-order valence-corrected chi connectivity index (χ3v) is 5.59. The summed E-state index contributed by atoms with van der Waals surface area (Å²) in [5.74, 6) is 0.808. The molecule has 0 bridgehead atoms. The summed E-state index contributed by atoms with van der Waals surface area (Å²) >= 11 is 0. The molecule has 1 saturated carbocycles. The molecular formula is C25H32N2O3. The number of hydrogen-bond acceptors (Lipinski definition) is 3. The molecule has 1 fully saturated rings. The Bertz CT molecular complexity index is 855. The molecule has 160 valence electrons. The summed E-state index contributed by atoms with van der Waals surface area (Å²) in [4.78, 5) is 26.7. The second-order valence-electron chi connectivity index (χ2n) is 7.78. The highest BCUT2D eigenvalue weighted by molar-refractivity contribution is 5.97. The first-order chi connectivity index (χ1) is 14.6. The Hall–Kier alpha value is -2.82. The van der Waals surface area contributed by atoms with Crippen LogP contribution in [0.3, 0.4) is 0 Å². The van der Waals surface area contributed by atoms with E-state index in [0.717, 1.165) is 24.2 Å². The molecule has 0 unspecified atom stereocenters. The van der Waals surface area contributed by atoms with Gasteiger partial charge >= 0.3 is 0 Å². The summed E-state index contributed by atoms with van der Waals surface area (Å²) in [6.45, 7) is 5.24. The third kappa shape index (κ3) is 6.09. The fraction of sp³-hybridized carbons (Fsp3) is 0.440. The van der Waals surface area contributed by atoms with Crippen LogP contribution in [0.4, 0.5) is 5.69 Å². The summed E-state index contributed by atoms with van der Waals surface area (Å²) in [5.41, 5.74) is 2.33. The zero-order valence-corrected chi connectivity index (χ0v) is 18.0. The summed E-state index contributed by atoms with van der Waals surface area (Å²) < 4.78 is 6.06. The van der Waals surface area contributed by atoms with Gasteiger partial charge in [-0.25, -0.2) is 0 Å². The van der Waals surface area contributed by atoms with Gasteiger partial charge in [0.05, 0.1) is 6.10 Å². The van der Waals surface area contributed by atoms with Crippen molar-refractivity contribution in [2.45, 2.75) is 58.5 Å². The van der Waals surface area contributed by atoms with Crippen molar-refractivity contribution < 1.29 is 14.3 Å². The van der Waals surface area contributed by atoms with Crippen LogP contribution in [-0.4, -0.2) is 35.9 Å². The molecular weight excluding hydrogens is 376 g/mol. The number of carbonyl (C=O) groups excluding carboxylic acids is 2. The summed E-state index contributed by atoms with van der Waals surface area (Å²) in [6.07, 6.45) is 6.09. The number of anilines is 1. The lowest BCUT2D eigenvalue weighted by Gasteiger charge is -2.19. The quantitative estimate of drug-likeness (QED) is 0.631. The maximum Gasteiger partial charge on any atom is 0.253 e. The first-order valence-corrected chi connectivity index (χ1v) is 11.0. The molecule has 1 aliphatic carbocycles. The van der Waals surface area contributed by atoms with Crippen molar-refractivity contribution in [1.29, 1.82) is 0 Å². The molecule has 3 rings (SSSR count). The van der Waals surface area contributed by atoms with Gasteiger partial charge in [-0.15, -0.1) is 0 Å². The van der Waals surface area contributed by atoms with Crippen LogP contribution in [0.25, 0.3) is 0 Å². The zero-order valence-electron chi connectivity index (χ0n) is 18.0. The monoisotopic (exact) mass is 408 g/mol. The van der Waals surface area contributed by atoms with E-state index in [-0.39, 0.29) is 11.8 Å². The molecule has 2 amide bonds. The highest BCUT2D eigenvalue weighted by Gasteiger charge is 2.17. The SMILES string of the molecule is CCN(CC)C(=O)c1cccc(NC(=O)CCc2cccc(OC3CCCC3)c2)c1. The van der Waals surface area contributed by atoms with Crippen molar-refractivity contribution in [3.63, 3.8) is 0 Å². The largest absolute Gasteiger partial charge is 0.490 e. The minimum Gasteiger partial charge on any atom is -0.490 e. The van der Waals surface area contributed by atoms with Crippen LogP contribution in [0.2, 0.25) is 0 Å². The van der Waals surface area contributed by atoms with Crippen molar-refractivity contribution in [3.05, 3.63) is 59.7 Å². The van der Waals surface area contributed by atoms with Crippen molar-refractivity contribution in [3.8, 4) is 5.75 Å². The molecule has 5 heteroatoms. The minimum atomic E-state index is -0.0652. The van der Waals surface area contributed by atoms with Crippen LogP contribution >= 0.6 is 0 Å². The molecule has 2 aromatic rings. The van der Waals surface area contributed by atoms with E-state index in [2.05, 4.69) is 5.32 Å². The molecule has 0 spiro atoms. The molecule has 5 nitrogen and oxygen atoms in total. The van der Waals surface area contributed by atoms with Crippen LogP contribution in [0.5, 0.6) is 5.75 Å². The molecule has 2 aromatic carbocycles. The maximum absolute atomic E-state index is 12.5. The van der Waals surface area contributed by atoms with Gasteiger partial charge in [0.25, 0.3) is 5.91 Å². The molecule has 0 aliphatic heterocycles. The van der Waals surface area contributed by atoms with Gasteiger partial charge in [0.1, 0.15) is 5.75 Å². The van der Waals surface area contributed by atoms with E-state index in [9.17, 15) is 9.59 Å². The van der Waals surface area contributed by atoms with Crippen molar-refractivity contribution in [2.24, 2.45) is 0 Å². The smallest absolute Gasteiger partial charge is 0.253 e. The second-order valence-corrected chi connectivity index (χ2v) is 7.78. The van der Waals surface area contributed by atoms with Gasteiger partial charge in [-0.2, -0.15) is 0 Å². The second kappa shape index (κ2) is 10.8. The zero-order chi connectivity index (χ0) is 21.3. The fourth-order valence-electron chi connectivity index (χ4n) is 3.88. The van der Waals surface area contributed by atoms with Crippen LogP contribution in [0, 0.1) is 0 Å². The Morgan fingerprint density at radius 2 is 1.77 bits per heavy atom. The van der Waals surface area contributed by atoms with Gasteiger partial charge < -0.3 is 15.0 Å². The van der Waals surface area contributed by atoms with Gasteiger partial charge in [-0.05, 0) is 81.8 Å². The molecule has 0 heterocycles. The number of nitrogens with one attached hydrogen (secondary N) is 1. The predicted octanol–water partition coefficient (Wildman–Crippen LogP) is 5.06. The number of aryl methyl sites for hydroxylation is 1. The molecule has 0 saturated heterocycles. The Balaban J connectivity index is 1.53. The summed E-state index contributed by atoms with van der Waals surface area (Å²) in [6, 6.07) is 15.2. The predicted molar refractivity (Wildman–Crippen MR) is 120 cm³/mol. The van der Waals surface area contributed by atoms with Crippen molar-refractivity contribution in [1.82, 2.24) is 4.90 Å². The van der Waals surface area contributed by atoms with Gasteiger partial charge in [-0.3, -0.25) is 9.59 Å². The van der Waals surface area contributed by atoms with Crippen molar-refractivity contribution >= 4 is 17.5 Å². The molecule has 1 N–H and O–H groups in total. The first-order valence-electron chi connectivity index (χ1n) is 11.0. The standard InChI is InChI=1S/C25H32N2O3/c1-3-27(4-2)25(29)20-10-8-11-21(18-20)26-24(28)16-15-19-9-7-14-23(17-19)30-22-12-5-6-13-22/h7-11,14,17-18,22H,3-6,12-13,15-16H2,1-2H3,(H,26,28). The molecule has 1 aliphatic rings. The average molecular weight is 409 g/mol. The normalized spacial score (nSPS) is 13.8. The average Bonchev–Trinajstić information content (AvgIpc) is 3.26. The van der Waals surface area contributed by atoms with Crippen LogP contribution < -0.4 is 10.1 Å². The fourth-order valence-corrected chi connectivity index (χ4v) is 3.88. The number of amides is 2. The highest BCUT2D eigenvalue weighted by Crippen LogP contribution is 2.25. The highest BCUT2D eigenvalue weighted by atomic mass is 16.5. The van der Waals surface area contributed by atoms with E-state index in [0.29, 0.717) is 43.3 Å². The Morgan fingerprint density at radius 3 is 2.50 bits per heavy atom. The third-order valence-electron chi connectivity index (χ3n) is 5.59. The Labute approximate surface area is 179 Å². The van der Waals surface area contributed by atoms with Crippen LogP contribution in [-0.2, 0) is 11.2 Å². The minimum absolute atomic E-state index is 0.0184. The molecule has 30 heavy (non-hydrogen) atoms. The lowest BCUT2D eigenvalue weighted by Crippen LogP contribution is -2.30. The van der Waals surface area contributed by atoms with Gasteiger partial charge in [0, 0.05) is 30.8 Å². The summed E-state index contributed by atoms with van der Waals surface area (Å²) in [5, 5.41) is 2.91. The van der Waals surface area contributed by atoms with Gasteiger partial charge in [-0.1, -0.05) is 18.2 Å². The maximum atomic E-state index is 12.5. The first kappa shape index (κ1) is 21.9.